The lowest BCUT2D eigenvalue weighted by Crippen LogP contribution is -2.34. The van der Waals surface area contributed by atoms with Gasteiger partial charge in [-0.3, -0.25) is 0 Å². The molecule has 1 fully saturated rings. The van der Waals surface area contributed by atoms with Crippen LogP contribution in [0.15, 0.2) is 22.7 Å². The first-order valence-electron chi connectivity index (χ1n) is 5.33. The molecule has 0 spiro atoms. The average Bonchev–Trinajstić information content (AvgIpc) is 2.52. The Balaban J connectivity index is 2.17. The highest BCUT2D eigenvalue weighted by Crippen LogP contribution is 2.27. The minimum Gasteiger partial charge on any atom is -0.388 e. The number of likely N-dealkylation sites (tertiary alicyclic amines) is 1. The second kappa shape index (κ2) is 4.43. The Kier molecular flexibility index (Phi) is 3.33. The lowest BCUT2D eigenvalue weighted by atomic mass is 9.93. The first-order chi connectivity index (χ1) is 7.48. The number of aliphatic hydroxyl groups is 1. The molecule has 88 valence electrons. The van der Waals surface area contributed by atoms with Crippen molar-refractivity contribution in [3.63, 3.8) is 0 Å². The van der Waals surface area contributed by atoms with E-state index in [1.54, 1.807) is 12.1 Å². The quantitative estimate of drug-likeness (QED) is 0.902. The fourth-order valence-corrected chi connectivity index (χ4v) is 2.65. The Morgan fingerprint density at radius 2 is 2.31 bits per heavy atom. The lowest BCUT2D eigenvalue weighted by Gasteiger charge is -2.22. The van der Waals surface area contributed by atoms with E-state index in [2.05, 4.69) is 20.8 Å². The standard InChI is InChI=1S/C12H15BrFNO/c1-15-5-4-12(16,8-15)7-9-6-10(13)2-3-11(9)14/h2-3,6,16H,4-5,7-8H2,1H3. The third-order valence-corrected chi connectivity index (χ3v) is 3.54. The topological polar surface area (TPSA) is 23.5 Å². The van der Waals surface area contributed by atoms with Crippen LogP contribution >= 0.6 is 15.9 Å². The average molecular weight is 288 g/mol. The summed E-state index contributed by atoms with van der Waals surface area (Å²) in [6, 6.07) is 4.84. The normalized spacial score (nSPS) is 26.2. The second-order valence-corrected chi connectivity index (χ2v) is 5.54. The molecule has 1 saturated heterocycles. The van der Waals surface area contributed by atoms with E-state index in [1.165, 1.54) is 6.07 Å². The predicted octanol–water partition coefficient (Wildman–Crippen LogP) is 2.20. The van der Waals surface area contributed by atoms with Gasteiger partial charge in [-0.15, -0.1) is 0 Å². The van der Waals surface area contributed by atoms with Crippen LogP contribution in [-0.4, -0.2) is 35.7 Å². The van der Waals surface area contributed by atoms with Crippen LogP contribution in [0, 0.1) is 5.82 Å². The summed E-state index contributed by atoms with van der Waals surface area (Å²) in [6.07, 6.45) is 1.08. The van der Waals surface area contributed by atoms with Gasteiger partial charge in [0.1, 0.15) is 5.82 Å². The molecule has 2 nitrogen and oxygen atoms in total. The Labute approximate surface area is 103 Å². The van der Waals surface area contributed by atoms with E-state index >= 15 is 0 Å². The van der Waals surface area contributed by atoms with Gasteiger partial charge in [0.2, 0.25) is 0 Å². The van der Waals surface area contributed by atoms with E-state index in [4.69, 9.17) is 0 Å². The molecule has 2 rings (SSSR count). The van der Waals surface area contributed by atoms with E-state index in [1.807, 2.05) is 7.05 Å². The Bertz CT molecular complexity index is 399. The van der Waals surface area contributed by atoms with Crippen LogP contribution in [0.1, 0.15) is 12.0 Å². The molecular weight excluding hydrogens is 273 g/mol. The molecular formula is C12H15BrFNO. The zero-order chi connectivity index (χ0) is 11.8. The zero-order valence-electron chi connectivity index (χ0n) is 9.21. The van der Waals surface area contributed by atoms with Crippen LogP contribution in [0.25, 0.3) is 0 Å². The van der Waals surface area contributed by atoms with Gasteiger partial charge in [0.25, 0.3) is 0 Å². The zero-order valence-corrected chi connectivity index (χ0v) is 10.8. The molecule has 0 amide bonds. The van der Waals surface area contributed by atoms with Crippen LogP contribution in [0.2, 0.25) is 0 Å². The number of rotatable bonds is 2. The maximum Gasteiger partial charge on any atom is 0.126 e. The summed E-state index contributed by atoms with van der Waals surface area (Å²) in [6.45, 7) is 1.48. The van der Waals surface area contributed by atoms with Crippen LogP contribution in [0.5, 0.6) is 0 Å². The van der Waals surface area contributed by atoms with Crippen molar-refractivity contribution in [3.05, 3.63) is 34.1 Å². The number of hydrogen-bond acceptors (Lipinski definition) is 2. The van der Waals surface area contributed by atoms with Crippen LogP contribution < -0.4 is 0 Å². The van der Waals surface area contributed by atoms with Crippen molar-refractivity contribution in [2.24, 2.45) is 0 Å². The van der Waals surface area contributed by atoms with Crippen molar-refractivity contribution in [3.8, 4) is 0 Å². The van der Waals surface area contributed by atoms with Crippen LogP contribution in [0.3, 0.4) is 0 Å². The van der Waals surface area contributed by atoms with Crippen molar-refractivity contribution in [2.45, 2.75) is 18.4 Å². The summed E-state index contributed by atoms with van der Waals surface area (Å²) in [5.41, 5.74) is -0.205. The van der Waals surface area contributed by atoms with Gasteiger partial charge in [0.05, 0.1) is 5.60 Å². The largest absolute Gasteiger partial charge is 0.388 e. The number of halogens is 2. The number of β-amino-alcohol motifs (C(OH)–C–C–N with tert-alkyl or cyclic N) is 1. The third-order valence-electron chi connectivity index (χ3n) is 3.05. The highest BCUT2D eigenvalue weighted by Gasteiger charge is 2.35. The maximum atomic E-state index is 13.5. The van der Waals surface area contributed by atoms with Crippen molar-refractivity contribution < 1.29 is 9.50 Å². The SMILES string of the molecule is CN1CCC(O)(Cc2cc(Br)ccc2F)C1. The van der Waals surface area contributed by atoms with Gasteiger partial charge in [-0.25, -0.2) is 4.39 Å². The fraction of sp³-hybridized carbons (Fsp3) is 0.500. The van der Waals surface area contributed by atoms with E-state index in [0.29, 0.717) is 24.9 Å². The second-order valence-electron chi connectivity index (χ2n) is 4.62. The molecule has 1 N–H and O–H groups in total. The molecule has 1 unspecified atom stereocenters. The number of likely N-dealkylation sites (N-methyl/N-ethyl adjacent to an activating group) is 1. The fourth-order valence-electron chi connectivity index (χ4n) is 2.24. The maximum absolute atomic E-state index is 13.5. The predicted molar refractivity (Wildman–Crippen MR) is 64.9 cm³/mol. The molecule has 16 heavy (non-hydrogen) atoms. The van der Waals surface area contributed by atoms with Gasteiger partial charge in [-0.05, 0) is 37.2 Å². The van der Waals surface area contributed by atoms with Gasteiger partial charge in [0, 0.05) is 24.0 Å². The minimum atomic E-state index is -0.781. The molecule has 4 heteroatoms. The van der Waals surface area contributed by atoms with Crippen molar-refractivity contribution in [1.82, 2.24) is 4.90 Å². The number of benzene rings is 1. The summed E-state index contributed by atoms with van der Waals surface area (Å²) in [5, 5.41) is 10.3. The van der Waals surface area contributed by atoms with E-state index in [9.17, 15) is 9.50 Å². The monoisotopic (exact) mass is 287 g/mol. The molecule has 1 aliphatic heterocycles. The van der Waals surface area contributed by atoms with E-state index in [-0.39, 0.29) is 5.82 Å². The third kappa shape index (κ3) is 2.62. The molecule has 0 aliphatic carbocycles. The number of nitrogens with zero attached hydrogens (tertiary/aromatic N) is 1. The summed E-state index contributed by atoms with van der Waals surface area (Å²) >= 11 is 3.32. The van der Waals surface area contributed by atoms with Crippen LogP contribution in [0.4, 0.5) is 4.39 Å². The van der Waals surface area contributed by atoms with Crippen molar-refractivity contribution >= 4 is 15.9 Å². The minimum absolute atomic E-state index is 0.244. The van der Waals surface area contributed by atoms with Crippen LogP contribution in [-0.2, 0) is 6.42 Å². The first kappa shape index (κ1) is 12.0. The molecule has 0 saturated carbocycles. The Hall–Kier alpha value is -0.450. The summed E-state index contributed by atoms with van der Waals surface area (Å²) in [7, 11) is 1.97. The molecule has 1 atom stereocenters. The molecule has 1 heterocycles. The first-order valence-corrected chi connectivity index (χ1v) is 6.13. The number of hydrogen-bond donors (Lipinski definition) is 1. The highest BCUT2D eigenvalue weighted by molar-refractivity contribution is 9.10. The summed E-state index contributed by atoms with van der Waals surface area (Å²) in [5.74, 6) is -0.244. The van der Waals surface area contributed by atoms with E-state index < -0.39 is 5.60 Å². The van der Waals surface area contributed by atoms with E-state index in [0.717, 1.165) is 11.0 Å². The molecule has 0 aromatic heterocycles. The molecule has 1 aromatic carbocycles. The summed E-state index contributed by atoms with van der Waals surface area (Å²) < 4.78 is 14.4. The molecule has 1 aromatic rings. The van der Waals surface area contributed by atoms with Gasteiger partial charge in [-0.2, -0.15) is 0 Å². The Morgan fingerprint density at radius 3 is 2.94 bits per heavy atom. The highest BCUT2D eigenvalue weighted by atomic mass is 79.9. The smallest absolute Gasteiger partial charge is 0.126 e. The Morgan fingerprint density at radius 1 is 1.56 bits per heavy atom. The molecule has 0 radical (unpaired) electrons. The van der Waals surface area contributed by atoms with Crippen molar-refractivity contribution in [2.75, 3.05) is 20.1 Å². The van der Waals surface area contributed by atoms with Gasteiger partial charge < -0.3 is 10.0 Å². The lowest BCUT2D eigenvalue weighted by molar-refractivity contribution is 0.0515. The van der Waals surface area contributed by atoms with Gasteiger partial charge >= 0.3 is 0 Å². The molecule has 1 aliphatic rings. The van der Waals surface area contributed by atoms with Crippen molar-refractivity contribution in [1.29, 1.82) is 0 Å². The van der Waals surface area contributed by atoms with Gasteiger partial charge in [-0.1, -0.05) is 15.9 Å². The summed E-state index contributed by atoms with van der Waals surface area (Å²) in [4.78, 5) is 2.07. The molecule has 0 bridgehead atoms. The van der Waals surface area contributed by atoms with Gasteiger partial charge in [0.15, 0.2) is 0 Å².